The van der Waals surface area contributed by atoms with E-state index in [0.717, 1.165) is 18.2 Å². The minimum atomic E-state index is -0.971. The molecule has 0 aliphatic carbocycles. The molecule has 1 aliphatic heterocycles. The summed E-state index contributed by atoms with van der Waals surface area (Å²) in [5.41, 5.74) is -0.389. The van der Waals surface area contributed by atoms with Crippen molar-refractivity contribution in [3.05, 3.63) is 34.1 Å². The molecule has 0 radical (unpaired) electrons. The lowest BCUT2D eigenvalue weighted by Crippen LogP contribution is -2.30. The largest absolute Gasteiger partial charge is 0.479 e. The van der Waals surface area contributed by atoms with E-state index in [-0.39, 0.29) is 30.4 Å². The van der Waals surface area contributed by atoms with Gasteiger partial charge in [0.15, 0.2) is 5.75 Å². The second kappa shape index (κ2) is 5.41. The van der Waals surface area contributed by atoms with Gasteiger partial charge in [0.2, 0.25) is 5.91 Å². The van der Waals surface area contributed by atoms with Gasteiger partial charge in [-0.2, -0.15) is 0 Å². The van der Waals surface area contributed by atoms with Crippen LogP contribution in [-0.2, 0) is 4.79 Å². The fourth-order valence-corrected chi connectivity index (χ4v) is 2.03. The molecule has 1 aliphatic rings. The van der Waals surface area contributed by atoms with Crippen LogP contribution in [0.15, 0.2) is 18.2 Å². The average molecular weight is 284 g/mol. The standard InChI is InChI=1S/C12H13FN2O5/c1-7(16)14-5-10(17)12(6-14)20-11-4-8(13)2-3-9(11)15(18)19/h2-4,10,12,17H,5-6H2,1H3. The molecular formula is C12H13FN2O5. The number of nitro groups is 1. The number of rotatable bonds is 3. The van der Waals surface area contributed by atoms with Gasteiger partial charge in [0.25, 0.3) is 0 Å². The molecule has 1 heterocycles. The van der Waals surface area contributed by atoms with Gasteiger partial charge >= 0.3 is 5.69 Å². The molecule has 1 fully saturated rings. The summed E-state index contributed by atoms with van der Waals surface area (Å²) < 4.78 is 18.5. The van der Waals surface area contributed by atoms with Crippen LogP contribution in [0.25, 0.3) is 0 Å². The molecule has 8 heteroatoms. The van der Waals surface area contributed by atoms with Gasteiger partial charge in [-0.1, -0.05) is 0 Å². The molecule has 1 saturated heterocycles. The lowest BCUT2D eigenvalue weighted by atomic mass is 10.2. The Hall–Kier alpha value is -2.22. The Balaban J connectivity index is 2.20. The van der Waals surface area contributed by atoms with Crippen molar-refractivity contribution in [3.63, 3.8) is 0 Å². The summed E-state index contributed by atoms with van der Waals surface area (Å²) in [6, 6.07) is 2.84. The van der Waals surface area contributed by atoms with E-state index in [9.17, 15) is 24.4 Å². The van der Waals surface area contributed by atoms with Crippen molar-refractivity contribution in [1.29, 1.82) is 0 Å². The molecule has 1 aromatic rings. The number of benzene rings is 1. The first-order valence-corrected chi connectivity index (χ1v) is 5.92. The zero-order chi connectivity index (χ0) is 14.9. The first-order valence-electron chi connectivity index (χ1n) is 5.92. The summed E-state index contributed by atoms with van der Waals surface area (Å²) in [6.07, 6.45) is -1.79. The van der Waals surface area contributed by atoms with E-state index in [1.54, 1.807) is 0 Å². The normalized spacial score (nSPS) is 21.9. The van der Waals surface area contributed by atoms with Crippen molar-refractivity contribution in [2.45, 2.75) is 19.1 Å². The lowest BCUT2D eigenvalue weighted by Gasteiger charge is -2.16. The molecule has 2 atom stereocenters. The number of hydrogen-bond donors (Lipinski definition) is 1. The molecule has 1 N–H and O–H groups in total. The van der Waals surface area contributed by atoms with E-state index in [4.69, 9.17) is 4.74 Å². The summed E-state index contributed by atoms with van der Waals surface area (Å²) in [5, 5.41) is 20.6. The highest BCUT2D eigenvalue weighted by molar-refractivity contribution is 5.73. The number of aliphatic hydroxyl groups is 1. The van der Waals surface area contributed by atoms with E-state index in [1.165, 1.54) is 11.8 Å². The Morgan fingerprint density at radius 3 is 2.80 bits per heavy atom. The Bertz CT molecular complexity index is 551. The number of halogens is 1. The van der Waals surface area contributed by atoms with E-state index >= 15 is 0 Å². The van der Waals surface area contributed by atoms with Crippen molar-refractivity contribution in [1.82, 2.24) is 4.90 Å². The number of β-amino-alcohol motifs (C(OH)–C–C–N with tert-alkyl or cyclic N) is 1. The fourth-order valence-electron chi connectivity index (χ4n) is 2.03. The minimum Gasteiger partial charge on any atom is -0.479 e. The summed E-state index contributed by atoms with van der Waals surface area (Å²) in [7, 11) is 0. The van der Waals surface area contributed by atoms with Gasteiger partial charge in [-0.05, 0) is 6.07 Å². The number of amides is 1. The van der Waals surface area contributed by atoms with E-state index in [0.29, 0.717) is 0 Å². The first-order chi connectivity index (χ1) is 9.38. The third-order valence-corrected chi connectivity index (χ3v) is 3.08. The van der Waals surface area contributed by atoms with E-state index < -0.39 is 22.9 Å². The molecule has 2 rings (SSSR count). The van der Waals surface area contributed by atoms with Crippen LogP contribution in [0.4, 0.5) is 10.1 Å². The molecule has 0 bridgehead atoms. The third-order valence-electron chi connectivity index (χ3n) is 3.08. The molecule has 2 unspecified atom stereocenters. The number of carbonyl (C=O) groups excluding carboxylic acids is 1. The second-order valence-corrected chi connectivity index (χ2v) is 4.52. The second-order valence-electron chi connectivity index (χ2n) is 4.52. The molecule has 1 aromatic carbocycles. The third kappa shape index (κ3) is 2.85. The van der Waals surface area contributed by atoms with Crippen LogP contribution in [0.5, 0.6) is 5.75 Å². The number of nitrogens with zero attached hydrogens (tertiary/aromatic N) is 2. The van der Waals surface area contributed by atoms with E-state index in [1.807, 2.05) is 0 Å². The SMILES string of the molecule is CC(=O)N1CC(O)C(Oc2cc(F)ccc2[N+](=O)[O-])C1. The highest BCUT2D eigenvalue weighted by Gasteiger charge is 2.35. The van der Waals surface area contributed by atoms with Gasteiger partial charge in [-0.15, -0.1) is 0 Å². The summed E-state index contributed by atoms with van der Waals surface area (Å²) >= 11 is 0. The van der Waals surface area contributed by atoms with Crippen LogP contribution >= 0.6 is 0 Å². The predicted molar refractivity (Wildman–Crippen MR) is 65.7 cm³/mol. The van der Waals surface area contributed by atoms with Gasteiger partial charge in [0, 0.05) is 19.1 Å². The number of hydrogen-bond acceptors (Lipinski definition) is 5. The van der Waals surface area contributed by atoms with Gasteiger partial charge in [-0.25, -0.2) is 4.39 Å². The van der Waals surface area contributed by atoms with Crippen LogP contribution in [0, 0.1) is 15.9 Å². The minimum absolute atomic E-state index is 0.0864. The van der Waals surface area contributed by atoms with Crippen molar-refractivity contribution in [2.24, 2.45) is 0 Å². The molecule has 0 aromatic heterocycles. The Morgan fingerprint density at radius 1 is 1.55 bits per heavy atom. The molecular weight excluding hydrogens is 271 g/mol. The lowest BCUT2D eigenvalue weighted by molar-refractivity contribution is -0.386. The maximum absolute atomic E-state index is 13.2. The molecule has 20 heavy (non-hydrogen) atoms. The highest BCUT2D eigenvalue weighted by atomic mass is 19.1. The average Bonchev–Trinajstić information content (AvgIpc) is 2.71. The number of aliphatic hydroxyl groups excluding tert-OH is 1. The first kappa shape index (κ1) is 14.2. The molecule has 0 saturated carbocycles. The zero-order valence-corrected chi connectivity index (χ0v) is 10.7. The Kier molecular flexibility index (Phi) is 3.84. The van der Waals surface area contributed by atoms with Crippen molar-refractivity contribution < 1.29 is 24.0 Å². The van der Waals surface area contributed by atoms with Crippen LogP contribution in [0.2, 0.25) is 0 Å². The van der Waals surface area contributed by atoms with Gasteiger partial charge in [-0.3, -0.25) is 14.9 Å². The van der Waals surface area contributed by atoms with Gasteiger partial charge < -0.3 is 14.7 Å². The van der Waals surface area contributed by atoms with Crippen molar-refractivity contribution in [3.8, 4) is 5.75 Å². The molecule has 0 spiro atoms. The maximum Gasteiger partial charge on any atom is 0.311 e. The zero-order valence-electron chi connectivity index (χ0n) is 10.7. The maximum atomic E-state index is 13.2. The van der Waals surface area contributed by atoms with Gasteiger partial charge in [0.05, 0.1) is 18.0 Å². The number of ether oxygens (including phenoxy) is 1. The van der Waals surface area contributed by atoms with Crippen LogP contribution in [0.3, 0.4) is 0 Å². The Labute approximate surface area is 113 Å². The van der Waals surface area contributed by atoms with Gasteiger partial charge in [0.1, 0.15) is 18.0 Å². The summed E-state index contributed by atoms with van der Waals surface area (Å²) in [6.45, 7) is 1.53. The van der Waals surface area contributed by atoms with Crippen LogP contribution < -0.4 is 4.74 Å². The quantitative estimate of drug-likeness (QED) is 0.651. The molecule has 108 valence electrons. The van der Waals surface area contributed by atoms with Crippen LogP contribution in [0.1, 0.15) is 6.92 Å². The van der Waals surface area contributed by atoms with Crippen LogP contribution in [-0.4, -0.2) is 46.1 Å². The smallest absolute Gasteiger partial charge is 0.311 e. The Morgan fingerprint density at radius 2 is 2.25 bits per heavy atom. The highest BCUT2D eigenvalue weighted by Crippen LogP contribution is 2.30. The molecule has 7 nitrogen and oxygen atoms in total. The summed E-state index contributed by atoms with van der Waals surface area (Å²) in [5.74, 6) is -1.17. The topological polar surface area (TPSA) is 92.9 Å². The monoisotopic (exact) mass is 284 g/mol. The fraction of sp³-hybridized carbons (Fsp3) is 0.417. The number of carbonyl (C=O) groups is 1. The number of likely N-dealkylation sites (tertiary alicyclic amines) is 1. The predicted octanol–water partition coefficient (Wildman–Crippen LogP) is 0.704. The summed E-state index contributed by atoms with van der Waals surface area (Å²) in [4.78, 5) is 22.7. The number of nitro benzene ring substituents is 1. The van der Waals surface area contributed by atoms with E-state index in [2.05, 4.69) is 0 Å². The molecule has 1 amide bonds. The van der Waals surface area contributed by atoms with Crippen molar-refractivity contribution >= 4 is 11.6 Å². The van der Waals surface area contributed by atoms with Crippen molar-refractivity contribution in [2.75, 3.05) is 13.1 Å².